The van der Waals surface area contributed by atoms with Crippen molar-refractivity contribution in [3.8, 4) is 0 Å². The molecule has 1 aromatic heterocycles. The molecule has 2 atom stereocenters. The zero-order chi connectivity index (χ0) is 13.6. The van der Waals surface area contributed by atoms with Gasteiger partial charge in [0.25, 0.3) is 10.1 Å². The Morgan fingerprint density at radius 2 is 2.17 bits per heavy atom. The average molecular weight is 273 g/mol. The number of hydrogen-bond donors (Lipinski definition) is 1. The maximum Gasteiger partial charge on any atom is 0.264 e. The normalized spacial score (nSPS) is 15.3. The van der Waals surface area contributed by atoms with Crippen LogP contribution >= 0.6 is 0 Å². The summed E-state index contributed by atoms with van der Waals surface area (Å²) in [6.07, 6.45) is 3.15. The van der Waals surface area contributed by atoms with E-state index in [1.54, 1.807) is 18.3 Å². The SMILES string of the molecule is C[C@H](CCOS(C)(=O)=O)CC(O)c1ccccn1. The fourth-order valence-electron chi connectivity index (χ4n) is 1.59. The lowest BCUT2D eigenvalue weighted by Crippen LogP contribution is -2.10. The van der Waals surface area contributed by atoms with Gasteiger partial charge in [0, 0.05) is 6.20 Å². The Hall–Kier alpha value is -0.980. The molecule has 0 amide bonds. The number of rotatable bonds is 7. The maximum atomic E-state index is 10.8. The van der Waals surface area contributed by atoms with Crippen molar-refractivity contribution in [2.24, 2.45) is 5.92 Å². The summed E-state index contributed by atoms with van der Waals surface area (Å²) in [5.41, 5.74) is 0.633. The van der Waals surface area contributed by atoms with Crippen molar-refractivity contribution in [3.05, 3.63) is 30.1 Å². The Morgan fingerprint density at radius 1 is 1.44 bits per heavy atom. The first-order valence-corrected chi connectivity index (χ1v) is 7.63. The van der Waals surface area contributed by atoms with Gasteiger partial charge < -0.3 is 5.11 Å². The monoisotopic (exact) mass is 273 g/mol. The Labute approximate surface area is 108 Å². The van der Waals surface area contributed by atoms with Crippen LogP contribution in [0.3, 0.4) is 0 Å². The van der Waals surface area contributed by atoms with Gasteiger partial charge in [-0.05, 0) is 30.9 Å². The Balaban J connectivity index is 2.34. The number of aliphatic hydroxyl groups is 1. The fourth-order valence-corrected chi connectivity index (χ4v) is 1.99. The van der Waals surface area contributed by atoms with E-state index in [4.69, 9.17) is 0 Å². The minimum Gasteiger partial charge on any atom is -0.387 e. The molecule has 5 nitrogen and oxygen atoms in total. The van der Waals surface area contributed by atoms with Crippen molar-refractivity contribution < 1.29 is 17.7 Å². The molecule has 1 aromatic rings. The van der Waals surface area contributed by atoms with E-state index in [0.717, 1.165) is 6.26 Å². The highest BCUT2D eigenvalue weighted by Crippen LogP contribution is 2.21. The molecule has 0 aromatic carbocycles. The zero-order valence-electron chi connectivity index (χ0n) is 10.6. The summed E-state index contributed by atoms with van der Waals surface area (Å²) < 4.78 is 26.2. The van der Waals surface area contributed by atoms with Crippen LogP contribution in [0.25, 0.3) is 0 Å². The molecule has 0 bridgehead atoms. The van der Waals surface area contributed by atoms with Crippen molar-refractivity contribution in [1.82, 2.24) is 4.98 Å². The van der Waals surface area contributed by atoms with Crippen molar-refractivity contribution in [2.75, 3.05) is 12.9 Å². The predicted molar refractivity (Wildman–Crippen MR) is 68.4 cm³/mol. The molecule has 6 heteroatoms. The molecule has 18 heavy (non-hydrogen) atoms. The molecule has 0 radical (unpaired) electrons. The van der Waals surface area contributed by atoms with Gasteiger partial charge in [-0.1, -0.05) is 13.0 Å². The third kappa shape index (κ3) is 6.09. The van der Waals surface area contributed by atoms with Gasteiger partial charge >= 0.3 is 0 Å². The molecule has 0 saturated heterocycles. The van der Waals surface area contributed by atoms with Crippen LogP contribution in [0.15, 0.2) is 24.4 Å². The second-order valence-corrected chi connectivity index (χ2v) is 6.07. The van der Waals surface area contributed by atoms with E-state index in [2.05, 4.69) is 9.17 Å². The molecule has 0 spiro atoms. The number of nitrogens with zero attached hydrogens (tertiary/aromatic N) is 1. The Kier molecular flexibility index (Phi) is 5.71. The Bertz CT molecular complexity index is 446. The minimum absolute atomic E-state index is 0.148. The first-order chi connectivity index (χ1) is 8.38. The van der Waals surface area contributed by atoms with Gasteiger partial charge in [-0.2, -0.15) is 8.42 Å². The Morgan fingerprint density at radius 3 is 2.72 bits per heavy atom. The summed E-state index contributed by atoms with van der Waals surface area (Å²) in [5.74, 6) is 0.156. The number of pyridine rings is 1. The fraction of sp³-hybridized carbons (Fsp3) is 0.583. The van der Waals surface area contributed by atoms with Gasteiger partial charge in [-0.15, -0.1) is 0 Å². The zero-order valence-corrected chi connectivity index (χ0v) is 11.4. The lowest BCUT2D eigenvalue weighted by Gasteiger charge is -2.15. The summed E-state index contributed by atoms with van der Waals surface area (Å²) >= 11 is 0. The highest BCUT2D eigenvalue weighted by atomic mass is 32.2. The summed E-state index contributed by atoms with van der Waals surface area (Å²) in [5, 5.41) is 9.93. The highest BCUT2D eigenvalue weighted by molar-refractivity contribution is 7.85. The van der Waals surface area contributed by atoms with Crippen molar-refractivity contribution in [2.45, 2.75) is 25.9 Å². The van der Waals surface area contributed by atoms with Crippen LogP contribution in [0.5, 0.6) is 0 Å². The third-order valence-corrected chi connectivity index (χ3v) is 3.16. The van der Waals surface area contributed by atoms with Gasteiger partial charge in [0.15, 0.2) is 0 Å². The molecule has 1 unspecified atom stereocenters. The summed E-state index contributed by atoms with van der Waals surface area (Å²) in [6.45, 7) is 2.09. The topological polar surface area (TPSA) is 76.5 Å². The van der Waals surface area contributed by atoms with E-state index >= 15 is 0 Å². The van der Waals surface area contributed by atoms with E-state index in [1.165, 1.54) is 0 Å². The first-order valence-electron chi connectivity index (χ1n) is 5.82. The third-order valence-electron chi connectivity index (χ3n) is 2.56. The second kappa shape index (κ2) is 6.82. The molecular weight excluding hydrogens is 254 g/mol. The van der Waals surface area contributed by atoms with Crippen LogP contribution in [0, 0.1) is 5.92 Å². The van der Waals surface area contributed by atoms with Gasteiger partial charge in [-0.3, -0.25) is 9.17 Å². The molecule has 0 aliphatic heterocycles. The van der Waals surface area contributed by atoms with Crippen LogP contribution in [0.1, 0.15) is 31.6 Å². The minimum atomic E-state index is -3.38. The quantitative estimate of drug-likeness (QED) is 0.762. The number of hydrogen-bond acceptors (Lipinski definition) is 5. The molecule has 0 saturated carbocycles. The van der Waals surface area contributed by atoms with Gasteiger partial charge in [-0.25, -0.2) is 0 Å². The van der Waals surface area contributed by atoms with E-state index in [9.17, 15) is 13.5 Å². The summed E-state index contributed by atoms with van der Waals surface area (Å²) in [4.78, 5) is 4.07. The van der Waals surface area contributed by atoms with E-state index in [0.29, 0.717) is 18.5 Å². The predicted octanol–water partition coefficient (Wildman–Crippen LogP) is 1.51. The molecule has 0 fully saturated rings. The highest BCUT2D eigenvalue weighted by Gasteiger charge is 2.14. The number of aliphatic hydroxyl groups excluding tert-OH is 1. The van der Waals surface area contributed by atoms with E-state index < -0.39 is 16.2 Å². The molecule has 1 N–H and O–H groups in total. The maximum absolute atomic E-state index is 10.8. The summed E-state index contributed by atoms with van der Waals surface area (Å²) in [7, 11) is -3.38. The average Bonchev–Trinajstić information content (AvgIpc) is 2.28. The standard InChI is InChI=1S/C12H19NO4S/c1-10(6-8-17-18(2,15)16)9-12(14)11-5-3-4-7-13-11/h3-5,7,10,12,14H,6,8-9H2,1-2H3/t10-,12?/m1/s1. The summed E-state index contributed by atoms with van der Waals surface area (Å²) in [6, 6.07) is 5.38. The van der Waals surface area contributed by atoms with Gasteiger partial charge in [0.1, 0.15) is 0 Å². The molecule has 1 rings (SSSR count). The van der Waals surface area contributed by atoms with Crippen LogP contribution in [0.2, 0.25) is 0 Å². The smallest absolute Gasteiger partial charge is 0.264 e. The molecule has 1 heterocycles. The van der Waals surface area contributed by atoms with Gasteiger partial charge in [0.05, 0.1) is 24.7 Å². The van der Waals surface area contributed by atoms with Gasteiger partial charge in [0.2, 0.25) is 0 Å². The first kappa shape index (κ1) is 15.1. The van der Waals surface area contributed by atoms with E-state index in [-0.39, 0.29) is 12.5 Å². The second-order valence-electron chi connectivity index (χ2n) is 4.43. The molecule has 0 aliphatic carbocycles. The lowest BCUT2D eigenvalue weighted by atomic mass is 9.99. The van der Waals surface area contributed by atoms with Crippen LogP contribution < -0.4 is 0 Å². The van der Waals surface area contributed by atoms with Crippen molar-refractivity contribution in [1.29, 1.82) is 0 Å². The van der Waals surface area contributed by atoms with Crippen LogP contribution in [-0.2, 0) is 14.3 Å². The van der Waals surface area contributed by atoms with E-state index in [1.807, 2.05) is 13.0 Å². The van der Waals surface area contributed by atoms with Crippen LogP contribution in [-0.4, -0.2) is 31.4 Å². The number of aromatic nitrogens is 1. The van der Waals surface area contributed by atoms with Crippen LogP contribution in [0.4, 0.5) is 0 Å². The molecule has 0 aliphatic rings. The van der Waals surface area contributed by atoms with Crippen molar-refractivity contribution >= 4 is 10.1 Å². The van der Waals surface area contributed by atoms with Crippen molar-refractivity contribution in [3.63, 3.8) is 0 Å². The molecule has 102 valence electrons. The largest absolute Gasteiger partial charge is 0.387 e. The molecular formula is C12H19NO4S. The lowest BCUT2D eigenvalue weighted by molar-refractivity contribution is 0.136.